The van der Waals surface area contributed by atoms with Crippen molar-refractivity contribution in [3.8, 4) is 11.5 Å². The van der Waals surface area contributed by atoms with Crippen LogP contribution < -0.4 is 14.8 Å². The summed E-state index contributed by atoms with van der Waals surface area (Å²) >= 11 is 1.63. The topological polar surface area (TPSA) is 67.9 Å². The number of thioether (sulfide) groups is 1. The van der Waals surface area contributed by atoms with Crippen LogP contribution in [0.1, 0.15) is 45.4 Å². The highest BCUT2D eigenvalue weighted by Gasteiger charge is 2.32. The van der Waals surface area contributed by atoms with Gasteiger partial charge in [0.05, 0.1) is 26.0 Å². The molecule has 1 heterocycles. The lowest BCUT2D eigenvalue weighted by molar-refractivity contribution is -0.128. The molecule has 1 aliphatic rings. The highest BCUT2D eigenvalue weighted by molar-refractivity contribution is 8.00. The van der Waals surface area contributed by atoms with Gasteiger partial charge >= 0.3 is 0 Å². The Morgan fingerprint density at radius 2 is 1.74 bits per heavy atom. The molecule has 6 nitrogen and oxygen atoms in total. The Bertz CT molecular complexity index is 1170. The molecule has 0 spiro atoms. The van der Waals surface area contributed by atoms with Crippen LogP contribution in [-0.2, 0) is 11.2 Å². The Morgan fingerprint density at radius 1 is 1.03 bits per heavy atom. The van der Waals surface area contributed by atoms with Crippen molar-refractivity contribution < 1.29 is 19.1 Å². The first kappa shape index (κ1) is 24.7. The van der Waals surface area contributed by atoms with Crippen molar-refractivity contribution in [2.24, 2.45) is 0 Å². The van der Waals surface area contributed by atoms with E-state index in [9.17, 15) is 9.59 Å². The molecule has 1 fully saturated rings. The van der Waals surface area contributed by atoms with E-state index in [-0.39, 0.29) is 23.2 Å². The van der Waals surface area contributed by atoms with E-state index in [1.807, 2.05) is 72.5 Å². The fourth-order valence-electron chi connectivity index (χ4n) is 4.15. The number of hydrogen-bond acceptors (Lipinski definition) is 5. The summed E-state index contributed by atoms with van der Waals surface area (Å²) in [6, 6.07) is 23.1. The standard InChI is InChI=1S/C28H30N2O4S/c1-19(23-13-14-24(33-2)25(17-23)34-3)29-27(32)21-9-11-22(12-10-21)28-30(26(31)18-35-28)16-15-20-7-5-4-6-8-20/h4-14,17,19,28H,15-16,18H2,1-3H3,(H,29,32). The number of hydrogen-bond donors (Lipinski definition) is 1. The largest absolute Gasteiger partial charge is 0.493 e. The van der Waals surface area contributed by atoms with Crippen molar-refractivity contribution in [3.05, 3.63) is 95.1 Å². The van der Waals surface area contributed by atoms with Crippen LogP contribution in [0.3, 0.4) is 0 Å². The Morgan fingerprint density at radius 3 is 2.43 bits per heavy atom. The molecule has 1 N–H and O–H groups in total. The lowest BCUT2D eigenvalue weighted by Gasteiger charge is -2.24. The molecule has 7 heteroatoms. The molecule has 35 heavy (non-hydrogen) atoms. The van der Waals surface area contributed by atoms with Gasteiger partial charge in [0.15, 0.2) is 11.5 Å². The Kier molecular flexibility index (Phi) is 7.98. The van der Waals surface area contributed by atoms with Crippen LogP contribution in [0.15, 0.2) is 72.8 Å². The first-order chi connectivity index (χ1) is 17.0. The van der Waals surface area contributed by atoms with Crippen molar-refractivity contribution >= 4 is 23.6 Å². The van der Waals surface area contributed by atoms with E-state index in [2.05, 4.69) is 17.4 Å². The van der Waals surface area contributed by atoms with Gasteiger partial charge in [-0.15, -0.1) is 11.8 Å². The number of ether oxygens (including phenoxy) is 2. The molecule has 1 aliphatic heterocycles. The molecule has 0 bridgehead atoms. The molecular formula is C28H30N2O4S. The third-order valence-electron chi connectivity index (χ3n) is 6.17. The first-order valence-electron chi connectivity index (χ1n) is 11.6. The number of nitrogens with one attached hydrogen (secondary N) is 1. The van der Waals surface area contributed by atoms with E-state index in [0.29, 0.717) is 29.4 Å². The van der Waals surface area contributed by atoms with Gasteiger partial charge in [-0.05, 0) is 54.3 Å². The zero-order chi connectivity index (χ0) is 24.8. The molecular weight excluding hydrogens is 460 g/mol. The third-order valence-corrected chi connectivity index (χ3v) is 7.42. The number of carbonyl (C=O) groups is 2. The molecule has 4 rings (SSSR count). The second kappa shape index (κ2) is 11.3. The van der Waals surface area contributed by atoms with Gasteiger partial charge in [0.25, 0.3) is 5.91 Å². The molecule has 3 aromatic rings. The van der Waals surface area contributed by atoms with E-state index >= 15 is 0 Å². The second-order valence-electron chi connectivity index (χ2n) is 8.42. The van der Waals surface area contributed by atoms with Gasteiger partial charge in [0, 0.05) is 12.1 Å². The van der Waals surface area contributed by atoms with Crippen molar-refractivity contribution in [2.75, 3.05) is 26.5 Å². The number of benzene rings is 3. The minimum absolute atomic E-state index is 0.0333. The maximum Gasteiger partial charge on any atom is 0.251 e. The van der Waals surface area contributed by atoms with Gasteiger partial charge < -0.3 is 19.7 Å². The summed E-state index contributed by atoms with van der Waals surface area (Å²) in [5.74, 6) is 1.74. The third kappa shape index (κ3) is 5.80. The van der Waals surface area contributed by atoms with E-state index in [0.717, 1.165) is 17.5 Å². The SMILES string of the molecule is COc1ccc(C(C)NC(=O)c2ccc(C3SCC(=O)N3CCc3ccccc3)cc2)cc1OC. The van der Waals surface area contributed by atoms with Crippen LogP contribution in [0.25, 0.3) is 0 Å². The van der Waals surface area contributed by atoms with Gasteiger partial charge in [-0.3, -0.25) is 9.59 Å². The van der Waals surface area contributed by atoms with Gasteiger partial charge in [-0.25, -0.2) is 0 Å². The summed E-state index contributed by atoms with van der Waals surface area (Å²) in [5.41, 5.74) is 3.73. The normalized spacial score (nSPS) is 16.1. The quantitative estimate of drug-likeness (QED) is 0.457. The molecule has 0 radical (unpaired) electrons. The average molecular weight is 491 g/mol. The molecule has 2 atom stereocenters. The highest BCUT2D eigenvalue weighted by atomic mass is 32.2. The first-order valence-corrected chi connectivity index (χ1v) is 12.6. The number of rotatable bonds is 9. The monoisotopic (exact) mass is 490 g/mol. The molecule has 0 saturated carbocycles. The van der Waals surface area contributed by atoms with Crippen LogP contribution in [0.5, 0.6) is 11.5 Å². The molecule has 2 amide bonds. The second-order valence-corrected chi connectivity index (χ2v) is 9.49. The number of nitrogens with zero attached hydrogens (tertiary/aromatic N) is 1. The summed E-state index contributed by atoms with van der Waals surface area (Å²) < 4.78 is 10.7. The number of methoxy groups -OCH3 is 2. The maximum absolute atomic E-state index is 12.9. The highest BCUT2D eigenvalue weighted by Crippen LogP contribution is 2.38. The van der Waals surface area contributed by atoms with Gasteiger partial charge in [-0.1, -0.05) is 48.5 Å². The number of amides is 2. The molecule has 182 valence electrons. The van der Waals surface area contributed by atoms with Crippen molar-refractivity contribution in [1.82, 2.24) is 10.2 Å². The van der Waals surface area contributed by atoms with Gasteiger partial charge in [-0.2, -0.15) is 0 Å². The summed E-state index contributed by atoms with van der Waals surface area (Å²) in [6.45, 7) is 2.60. The fraction of sp³-hybridized carbons (Fsp3) is 0.286. The lowest BCUT2D eigenvalue weighted by atomic mass is 10.1. The molecule has 2 unspecified atom stereocenters. The Balaban J connectivity index is 1.40. The number of carbonyl (C=O) groups excluding carboxylic acids is 2. The Hall–Kier alpha value is -3.45. The van der Waals surface area contributed by atoms with Crippen molar-refractivity contribution in [3.63, 3.8) is 0 Å². The average Bonchev–Trinajstić information content (AvgIpc) is 3.27. The predicted octanol–water partition coefficient (Wildman–Crippen LogP) is 5.01. The van der Waals surface area contributed by atoms with Crippen LogP contribution in [0, 0.1) is 0 Å². The van der Waals surface area contributed by atoms with Gasteiger partial charge in [0.1, 0.15) is 5.37 Å². The van der Waals surface area contributed by atoms with E-state index in [1.54, 1.807) is 26.0 Å². The minimum Gasteiger partial charge on any atom is -0.493 e. The smallest absolute Gasteiger partial charge is 0.251 e. The zero-order valence-electron chi connectivity index (χ0n) is 20.2. The maximum atomic E-state index is 12.9. The van der Waals surface area contributed by atoms with Gasteiger partial charge in [0.2, 0.25) is 5.91 Å². The van der Waals surface area contributed by atoms with E-state index in [4.69, 9.17) is 9.47 Å². The van der Waals surface area contributed by atoms with Crippen molar-refractivity contribution in [1.29, 1.82) is 0 Å². The lowest BCUT2D eigenvalue weighted by Crippen LogP contribution is -2.30. The fourth-order valence-corrected chi connectivity index (χ4v) is 5.37. The molecule has 0 aromatic heterocycles. The molecule has 0 aliphatic carbocycles. The summed E-state index contributed by atoms with van der Waals surface area (Å²) in [5, 5.41) is 3.01. The van der Waals surface area contributed by atoms with Crippen LogP contribution in [0.4, 0.5) is 0 Å². The minimum atomic E-state index is -0.210. The molecule has 3 aromatic carbocycles. The van der Waals surface area contributed by atoms with Crippen LogP contribution in [-0.4, -0.2) is 43.2 Å². The van der Waals surface area contributed by atoms with Crippen molar-refractivity contribution in [2.45, 2.75) is 24.8 Å². The van der Waals surface area contributed by atoms with Crippen LogP contribution in [0.2, 0.25) is 0 Å². The summed E-state index contributed by atoms with van der Waals surface area (Å²) in [6.07, 6.45) is 0.818. The van der Waals surface area contributed by atoms with E-state index < -0.39 is 0 Å². The predicted molar refractivity (Wildman–Crippen MR) is 139 cm³/mol. The zero-order valence-corrected chi connectivity index (χ0v) is 21.0. The van der Waals surface area contributed by atoms with E-state index in [1.165, 1.54) is 5.56 Å². The Labute approximate surface area is 210 Å². The summed E-state index contributed by atoms with van der Waals surface area (Å²) in [7, 11) is 3.18. The summed E-state index contributed by atoms with van der Waals surface area (Å²) in [4.78, 5) is 27.3. The molecule has 1 saturated heterocycles. The van der Waals surface area contributed by atoms with Crippen LogP contribution >= 0.6 is 11.8 Å².